The number of nitrogens with one attached hydrogen (secondary N) is 2. The van der Waals surface area contributed by atoms with Crippen molar-refractivity contribution in [2.75, 3.05) is 44.4 Å². The Balaban J connectivity index is 0.812. The number of aromatic nitrogens is 6. The number of halogens is 3. The molecule has 0 saturated carbocycles. The molecule has 2 amide bonds. The molecule has 8 aromatic rings. The number of carbonyl (C=O) groups excluding carboxylic acids is 2. The van der Waals surface area contributed by atoms with Gasteiger partial charge in [0, 0.05) is 79.3 Å². The van der Waals surface area contributed by atoms with E-state index in [4.69, 9.17) is 35.6 Å². The standard InChI is InChI=1S/C62H59F3N10O8/c1-4-44-48(63)17-16-38-22-41(77)24-46(53(38)44)55-58(56-47(27-67-55)59(73-28-39-23-40(73)26-66-39)70-62(69-56)83-43-18-20-81-21-19-43)82-32-34-8-10-36(11-9-34)50-30-75(72-71-50)57(33(2)3)61(80)74-29-42(78)25-52(74)60(79)68-51(31-76)37-14-12-35(13-15-37)45-6-5-7-49(64)54(45)65/h1,5-17,22,24,27,30,33,39-40,42-43,51-52,57,66,76-78H,18-21,23,25-26,28-29,31-32H2,2-3H3,(H,68,79)/t39-,40-,42+,51-,52-,57-/m0/s1. The van der Waals surface area contributed by atoms with Gasteiger partial charge in [-0.15, -0.1) is 11.5 Å². The SMILES string of the molecule is C#Cc1c(F)ccc2cc(O)cc(-c3ncc4c(N5C[C@@H]6C[C@H]5CN6)nc(OC5CCOCC5)nc4c3OCc3ccc(-c4cn([C@H](C(=O)N5C[C@H](O)C[C@H]5C(=O)N[C@@H](CO)c5ccc(-c6cccc(F)c6F)cc5)C(C)C)nn4)cc3)c12. The number of pyridine rings is 1. The van der Waals surface area contributed by atoms with Gasteiger partial charge in [-0.1, -0.05) is 91.7 Å². The fourth-order valence-corrected chi connectivity index (χ4v) is 11.9. The van der Waals surface area contributed by atoms with Crippen molar-refractivity contribution in [2.45, 2.75) is 88.6 Å². The third kappa shape index (κ3) is 10.7. The average Bonchev–Trinajstić information content (AvgIpc) is 3.24. The number of amides is 2. The molecule has 4 aliphatic heterocycles. The zero-order chi connectivity index (χ0) is 57.6. The highest BCUT2D eigenvalue weighted by Gasteiger charge is 2.44. The van der Waals surface area contributed by atoms with Crippen LogP contribution in [0, 0.1) is 35.7 Å². The van der Waals surface area contributed by atoms with E-state index in [0.717, 1.165) is 24.6 Å². The van der Waals surface area contributed by atoms with Crippen LogP contribution < -0.4 is 25.0 Å². The van der Waals surface area contributed by atoms with Gasteiger partial charge in [0.1, 0.15) is 59.1 Å². The molecule has 0 aliphatic carbocycles. The Bertz CT molecular complexity index is 3820. The molecule has 4 fully saturated rings. The summed E-state index contributed by atoms with van der Waals surface area (Å²) in [6, 6.07) is 21.1. The molecule has 21 heteroatoms. The number of hydrogen-bond acceptors (Lipinski definition) is 15. The molecule has 4 saturated heterocycles. The quantitative estimate of drug-likeness (QED) is 0.0589. The van der Waals surface area contributed by atoms with Crippen LogP contribution in [0.1, 0.15) is 68.3 Å². The van der Waals surface area contributed by atoms with E-state index in [1.54, 1.807) is 42.7 Å². The molecule has 12 rings (SSSR count). The second kappa shape index (κ2) is 22.9. The molecule has 18 nitrogen and oxygen atoms in total. The molecule has 4 aliphatic rings. The van der Waals surface area contributed by atoms with E-state index in [9.17, 15) is 33.7 Å². The van der Waals surface area contributed by atoms with Gasteiger partial charge >= 0.3 is 6.01 Å². The predicted molar refractivity (Wildman–Crippen MR) is 301 cm³/mol. The summed E-state index contributed by atoms with van der Waals surface area (Å²) >= 11 is 0. The summed E-state index contributed by atoms with van der Waals surface area (Å²) < 4.78 is 64.5. The minimum atomic E-state index is -1.09. The van der Waals surface area contributed by atoms with Crippen molar-refractivity contribution in [3.8, 4) is 63.5 Å². The number of phenols is 1. The second-order valence-electron chi connectivity index (χ2n) is 21.9. The van der Waals surface area contributed by atoms with Gasteiger partial charge in [-0.3, -0.25) is 14.6 Å². The second-order valence-corrected chi connectivity index (χ2v) is 21.9. The number of β-amino-alcohol motifs (C(OH)–C–C–N with tert-alkyl or cyclic N) is 1. The number of ether oxygens (including phenoxy) is 3. The molecule has 5 N–H and O–H groups in total. The number of anilines is 1. The van der Waals surface area contributed by atoms with Crippen molar-refractivity contribution in [1.29, 1.82) is 0 Å². The van der Waals surface area contributed by atoms with Gasteiger partial charge in [-0.05, 0) is 58.7 Å². The predicted octanol–water partition coefficient (Wildman–Crippen LogP) is 7.57. The summed E-state index contributed by atoms with van der Waals surface area (Å²) in [6.45, 7) is 5.62. The number of piperazine rings is 1. The lowest BCUT2D eigenvalue weighted by Crippen LogP contribution is -2.50. The van der Waals surface area contributed by atoms with E-state index in [2.05, 4.69) is 31.8 Å². The van der Waals surface area contributed by atoms with Crippen LogP contribution in [0.5, 0.6) is 17.5 Å². The van der Waals surface area contributed by atoms with Gasteiger partial charge in [0.15, 0.2) is 17.4 Å². The average molecular weight is 1130 g/mol. The zero-order valence-corrected chi connectivity index (χ0v) is 45.4. The lowest BCUT2D eigenvalue weighted by Gasteiger charge is -2.30. The van der Waals surface area contributed by atoms with Crippen LogP contribution in [-0.4, -0.2) is 132 Å². The monoisotopic (exact) mass is 1130 g/mol. The van der Waals surface area contributed by atoms with Gasteiger partial charge in [0.05, 0.1) is 49.1 Å². The first kappa shape index (κ1) is 54.9. The summed E-state index contributed by atoms with van der Waals surface area (Å²) in [5.41, 5.74) is 3.75. The first-order chi connectivity index (χ1) is 40.2. The number of likely N-dealkylation sites (tertiary alicyclic amines) is 1. The minimum absolute atomic E-state index is 0.00491. The number of rotatable bonds is 16. The van der Waals surface area contributed by atoms with E-state index in [-0.39, 0.29) is 78.0 Å². The number of aromatic hydroxyl groups is 1. The molecule has 3 aromatic heterocycles. The number of nitrogens with zero attached hydrogens (tertiary/aromatic N) is 8. The molecular weight excluding hydrogens is 1070 g/mol. The number of benzene rings is 5. The molecule has 0 radical (unpaired) electrons. The van der Waals surface area contributed by atoms with Gasteiger partial charge in [-0.2, -0.15) is 9.97 Å². The highest BCUT2D eigenvalue weighted by molar-refractivity contribution is 6.05. The highest BCUT2D eigenvalue weighted by Crippen LogP contribution is 2.45. The number of aliphatic hydroxyl groups excluding tert-OH is 2. The number of carbonyl (C=O) groups is 2. The maximum atomic E-state index is 15.6. The van der Waals surface area contributed by atoms with Crippen molar-refractivity contribution in [1.82, 2.24) is 45.5 Å². The Labute approximate surface area is 475 Å². The first-order valence-electron chi connectivity index (χ1n) is 27.7. The van der Waals surface area contributed by atoms with Gasteiger partial charge in [-0.25, -0.2) is 17.9 Å². The minimum Gasteiger partial charge on any atom is -0.508 e. The summed E-state index contributed by atoms with van der Waals surface area (Å²) in [7, 11) is 0. The number of fused-ring (bicyclic) bond motifs is 4. The Morgan fingerprint density at radius 3 is 2.45 bits per heavy atom. The Kier molecular flexibility index (Phi) is 15.2. The maximum absolute atomic E-state index is 15.6. The number of phenolic OH excluding ortho intramolecular Hbond substituents is 1. The lowest BCUT2D eigenvalue weighted by molar-refractivity contribution is -0.142. The van der Waals surface area contributed by atoms with Crippen molar-refractivity contribution in [3.05, 3.63) is 138 Å². The molecule has 2 bridgehead atoms. The molecule has 83 heavy (non-hydrogen) atoms. The van der Waals surface area contributed by atoms with Crippen molar-refractivity contribution in [3.63, 3.8) is 0 Å². The van der Waals surface area contributed by atoms with Gasteiger partial charge < -0.3 is 50.0 Å². The number of terminal acetylenes is 1. The van der Waals surface area contributed by atoms with Crippen LogP contribution in [0.4, 0.5) is 19.0 Å². The summed E-state index contributed by atoms with van der Waals surface area (Å²) in [5, 5.41) is 49.1. The van der Waals surface area contributed by atoms with E-state index in [0.29, 0.717) is 88.0 Å². The van der Waals surface area contributed by atoms with Crippen LogP contribution in [0.25, 0.3) is 55.3 Å². The van der Waals surface area contributed by atoms with Crippen LogP contribution in [0.3, 0.4) is 0 Å². The molecule has 0 unspecified atom stereocenters. The zero-order valence-electron chi connectivity index (χ0n) is 45.4. The topological polar surface area (TPSA) is 222 Å². The third-order valence-electron chi connectivity index (χ3n) is 16.1. The van der Waals surface area contributed by atoms with Gasteiger partial charge in [0.25, 0.3) is 0 Å². The van der Waals surface area contributed by atoms with Crippen LogP contribution in [0.15, 0.2) is 103 Å². The molecule has 7 heterocycles. The van der Waals surface area contributed by atoms with Crippen molar-refractivity contribution < 1.29 is 52.3 Å². The summed E-state index contributed by atoms with van der Waals surface area (Å²) in [6.07, 6.45) is 10.3. The van der Waals surface area contributed by atoms with E-state index in [1.165, 1.54) is 39.9 Å². The van der Waals surface area contributed by atoms with Crippen molar-refractivity contribution in [2.24, 2.45) is 5.92 Å². The third-order valence-corrected chi connectivity index (χ3v) is 16.1. The largest absolute Gasteiger partial charge is 0.508 e. The summed E-state index contributed by atoms with van der Waals surface area (Å²) in [5.74, 6) is -0.721. The lowest BCUT2D eigenvalue weighted by atomic mass is 9.95. The normalized spacial score (nSPS) is 19.6. The smallest absolute Gasteiger partial charge is 0.319 e. The Morgan fingerprint density at radius 2 is 1.72 bits per heavy atom. The molecule has 6 atom stereocenters. The molecule has 0 spiro atoms. The fourth-order valence-electron chi connectivity index (χ4n) is 11.9. The summed E-state index contributed by atoms with van der Waals surface area (Å²) in [4.78, 5) is 47.2. The van der Waals surface area contributed by atoms with E-state index >= 15 is 4.39 Å². The maximum Gasteiger partial charge on any atom is 0.319 e. The van der Waals surface area contributed by atoms with Crippen LogP contribution >= 0.6 is 0 Å². The number of aliphatic hydroxyl groups is 2. The molecule has 426 valence electrons. The Hall–Kier alpha value is -8.68. The highest BCUT2D eigenvalue weighted by atomic mass is 19.2. The number of hydrogen-bond donors (Lipinski definition) is 5. The fraction of sp³-hybridized carbons (Fsp3) is 0.339. The molecular formula is C62H59F3N10O8. The van der Waals surface area contributed by atoms with Crippen LogP contribution in [-0.2, 0) is 20.9 Å². The van der Waals surface area contributed by atoms with Crippen molar-refractivity contribution >= 4 is 39.3 Å². The van der Waals surface area contributed by atoms with E-state index in [1.807, 2.05) is 38.1 Å². The Morgan fingerprint density at radius 1 is 0.940 bits per heavy atom. The first-order valence-corrected chi connectivity index (χ1v) is 27.7. The van der Waals surface area contributed by atoms with Gasteiger partial charge in [0.2, 0.25) is 11.8 Å². The molecule has 5 aromatic carbocycles. The van der Waals surface area contributed by atoms with Crippen LogP contribution in [0.2, 0.25) is 0 Å². The van der Waals surface area contributed by atoms with E-state index < -0.39 is 60.1 Å².